The maximum atomic E-state index is 6.44. The number of hydrogen-bond donors (Lipinski definition) is 1. The fourth-order valence-corrected chi connectivity index (χ4v) is 2.68. The summed E-state index contributed by atoms with van der Waals surface area (Å²) in [7, 11) is 0. The Balaban J connectivity index is 2.14. The molecule has 0 aliphatic rings. The first kappa shape index (κ1) is 12.9. The molecule has 0 radical (unpaired) electrons. The van der Waals surface area contributed by atoms with Gasteiger partial charge in [0.25, 0.3) is 0 Å². The molecule has 0 aliphatic heterocycles. The van der Waals surface area contributed by atoms with Gasteiger partial charge in [0.2, 0.25) is 0 Å². The monoisotopic (exact) mass is 265 g/mol. The normalized spacial score (nSPS) is 12.8. The Bertz CT molecular complexity index is 743. The van der Waals surface area contributed by atoms with Gasteiger partial charge in [-0.05, 0) is 31.5 Å². The lowest BCUT2D eigenvalue weighted by Gasteiger charge is -2.14. The van der Waals surface area contributed by atoms with Crippen LogP contribution in [0.1, 0.15) is 29.9 Å². The fourth-order valence-electron chi connectivity index (χ4n) is 2.68. The summed E-state index contributed by atoms with van der Waals surface area (Å²) in [6, 6.07) is 16.3. The number of rotatable bonds is 3. The van der Waals surface area contributed by atoms with Crippen LogP contribution >= 0.6 is 0 Å². The quantitative estimate of drug-likeness (QED) is 0.788. The van der Waals surface area contributed by atoms with Crippen molar-refractivity contribution in [2.45, 2.75) is 26.4 Å². The maximum absolute atomic E-state index is 6.44. The summed E-state index contributed by atoms with van der Waals surface area (Å²) in [5.74, 6) is 0.930. The number of aryl methyl sites for hydroxylation is 2. The lowest BCUT2D eigenvalue weighted by Crippen LogP contribution is -2.17. The molecule has 0 amide bonds. The zero-order chi connectivity index (χ0) is 14.1. The van der Waals surface area contributed by atoms with E-state index >= 15 is 0 Å². The zero-order valence-electron chi connectivity index (χ0n) is 11.9. The van der Waals surface area contributed by atoms with Crippen LogP contribution in [0.25, 0.3) is 11.0 Å². The smallest absolute Gasteiger partial charge is 0.131 e. The molecular formula is C17H19N3. The molecule has 1 atom stereocenters. The van der Waals surface area contributed by atoms with Gasteiger partial charge in [0.1, 0.15) is 5.82 Å². The summed E-state index contributed by atoms with van der Waals surface area (Å²) < 4.78 is 2.20. The third-order valence-corrected chi connectivity index (χ3v) is 3.68. The Hall–Kier alpha value is -2.13. The Kier molecular flexibility index (Phi) is 3.28. The van der Waals surface area contributed by atoms with Gasteiger partial charge in [-0.15, -0.1) is 0 Å². The second kappa shape index (κ2) is 5.10. The van der Waals surface area contributed by atoms with Gasteiger partial charge in [-0.25, -0.2) is 4.98 Å². The number of nitrogens with two attached hydrogens (primary N) is 1. The molecule has 0 fully saturated rings. The van der Waals surface area contributed by atoms with E-state index in [0.717, 1.165) is 29.0 Å². The minimum Gasteiger partial charge on any atom is -0.327 e. The Morgan fingerprint density at radius 2 is 1.95 bits per heavy atom. The first-order valence-corrected chi connectivity index (χ1v) is 6.98. The molecule has 0 saturated carbocycles. The minimum absolute atomic E-state index is 0.192. The second-order valence-electron chi connectivity index (χ2n) is 5.09. The fraction of sp³-hybridized carbons (Fsp3) is 0.235. The minimum atomic E-state index is -0.192. The van der Waals surface area contributed by atoms with Crippen molar-refractivity contribution in [3.63, 3.8) is 0 Å². The lowest BCUT2D eigenvalue weighted by atomic mass is 10.0. The van der Waals surface area contributed by atoms with Gasteiger partial charge in [-0.2, -0.15) is 0 Å². The number of imidazole rings is 1. The largest absolute Gasteiger partial charge is 0.327 e. The summed E-state index contributed by atoms with van der Waals surface area (Å²) in [6.07, 6.45) is 0. The number of para-hydroxylation sites is 2. The van der Waals surface area contributed by atoms with Crippen LogP contribution in [0, 0.1) is 6.92 Å². The van der Waals surface area contributed by atoms with E-state index in [4.69, 9.17) is 10.7 Å². The van der Waals surface area contributed by atoms with Crippen LogP contribution in [0.2, 0.25) is 0 Å². The van der Waals surface area contributed by atoms with Gasteiger partial charge in [0.05, 0.1) is 17.1 Å². The van der Waals surface area contributed by atoms with Crippen LogP contribution in [0.4, 0.5) is 0 Å². The van der Waals surface area contributed by atoms with Crippen molar-refractivity contribution in [1.82, 2.24) is 9.55 Å². The standard InChI is InChI=1S/C17H19N3/c1-3-20-15-10-5-4-9-14(15)19-17(20)16(18)13-8-6-7-12(2)11-13/h4-11,16H,3,18H2,1-2H3. The summed E-state index contributed by atoms with van der Waals surface area (Å²) in [5, 5.41) is 0. The molecule has 2 N–H and O–H groups in total. The molecule has 102 valence electrons. The van der Waals surface area contributed by atoms with Crippen LogP contribution in [0.3, 0.4) is 0 Å². The first-order chi connectivity index (χ1) is 9.70. The molecule has 3 nitrogen and oxygen atoms in total. The van der Waals surface area contributed by atoms with Crippen molar-refractivity contribution in [3.05, 3.63) is 65.5 Å². The van der Waals surface area contributed by atoms with E-state index in [2.05, 4.69) is 42.7 Å². The highest BCUT2D eigenvalue weighted by Crippen LogP contribution is 2.24. The van der Waals surface area contributed by atoms with Crippen molar-refractivity contribution < 1.29 is 0 Å². The highest BCUT2D eigenvalue weighted by molar-refractivity contribution is 5.76. The van der Waals surface area contributed by atoms with Crippen LogP contribution < -0.4 is 5.73 Å². The van der Waals surface area contributed by atoms with Crippen molar-refractivity contribution in [2.24, 2.45) is 5.73 Å². The third kappa shape index (κ3) is 2.10. The van der Waals surface area contributed by atoms with E-state index in [-0.39, 0.29) is 6.04 Å². The molecule has 2 aromatic carbocycles. The first-order valence-electron chi connectivity index (χ1n) is 6.98. The van der Waals surface area contributed by atoms with Gasteiger partial charge in [-0.1, -0.05) is 42.0 Å². The summed E-state index contributed by atoms with van der Waals surface area (Å²) in [4.78, 5) is 4.73. The second-order valence-corrected chi connectivity index (χ2v) is 5.09. The summed E-state index contributed by atoms with van der Waals surface area (Å²) in [5.41, 5.74) is 10.9. The number of benzene rings is 2. The van der Waals surface area contributed by atoms with Crippen LogP contribution in [0.15, 0.2) is 48.5 Å². The number of hydrogen-bond acceptors (Lipinski definition) is 2. The SMILES string of the molecule is CCn1c(C(N)c2cccc(C)c2)nc2ccccc21. The Labute approximate surface area is 119 Å². The number of aromatic nitrogens is 2. The average molecular weight is 265 g/mol. The molecule has 0 bridgehead atoms. The van der Waals surface area contributed by atoms with Crippen molar-refractivity contribution in [1.29, 1.82) is 0 Å². The molecule has 3 heteroatoms. The van der Waals surface area contributed by atoms with Gasteiger partial charge in [0, 0.05) is 6.54 Å². The molecule has 3 aromatic rings. The van der Waals surface area contributed by atoms with E-state index in [1.165, 1.54) is 5.56 Å². The van der Waals surface area contributed by atoms with Crippen LogP contribution in [0.5, 0.6) is 0 Å². The molecule has 1 unspecified atom stereocenters. The Morgan fingerprint density at radius 3 is 2.70 bits per heavy atom. The van der Waals surface area contributed by atoms with Crippen molar-refractivity contribution >= 4 is 11.0 Å². The molecule has 3 rings (SSSR count). The molecule has 0 aliphatic carbocycles. The van der Waals surface area contributed by atoms with Gasteiger partial charge >= 0.3 is 0 Å². The van der Waals surface area contributed by atoms with Gasteiger partial charge in [0.15, 0.2) is 0 Å². The maximum Gasteiger partial charge on any atom is 0.131 e. The average Bonchev–Trinajstić information content (AvgIpc) is 2.85. The summed E-state index contributed by atoms with van der Waals surface area (Å²) >= 11 is 0. The van der Waals surface area contributed by atoms with Gasteiger partial charge < -0.3 is 10.3 Å². The predicted molar refractivity (Wildman–Crippen MR) is 82.6 cm³/mol. The van der Waals surface area contributed by atoms with E-state index in [9.17, 15) is 0 Å². The van der Waals surface area contributed by atoms with Gasteiger partial charge in [-0.3, -0.25) is 0 Å². The lowest BCUT2D eigenvalue weighted by molar-refractivity contribution is 0.671. The molecule has 20 heavy (non-hydrogen) atoms. The van der Waals surface area contributed by atoms with Crippen molar-refractivity contribution in [2.75, 3.05) is 0 Å². The number of fused-ring (bicyclic) bond motifs is 1. The van der Waals surface area contributed by atoms with E-state index < -0.39 is 0 Å². The predicted octanol–water partition coefficient (Wildman–Crippen LogP) is 3.41. The number of nitrogens with zero attached hydrogens (tertiary/aromatic N) is 2. The molecular weight excluding hydrogens is 246 g/mol. The Morgan fingerprint density at radius 1 is 1.15 bits per heavy atom. The van der Waals surface area contributed by atoms with Crippen LogP contribution in [-0.2, 0) is 6.54 Å². The van der Waals surface area contributed by atoms with E-state index in [1.54, 1.807) is 0 Å². The molecule has 1 aromatic heterocycles. The van der Waals surface area contributed by atoms with E-state index in [1.807, 2.05) is 24.3 Å². The topological polar surface area (TPSA) is 43.8 Å². The highest BCUT2D eigenvalue weighted by atomic mass is 15.1. The highest BCUT2D eigenvalue weighted by Gasteiger charge is 2.17. The van der Waals surface area contributed by atoms with Crippen LogP contribution in [-0.4, -0.2) is 9.55 Å². The van der Waals surface area contributed by atoms with Crippen molar-refractivity contribution in [3.8, 4) is 0 Å². The zero-order valence-corrected chi connectivity index (χ0v) is 11.9. The molecule has 0 saturated heterocycles. The van der Waals surface area contributed by atoms with E-state index in [0.29, 0.717) is 0 Å². The third-order valence-electron chi connectivity index (χ3n) is 3.68. The summed E-state index contributed by atoms with van der Waals surface area (Å²) in [6.45, 7) is 5.08. The molecule has 1 heterocycles. The molecule has 0 spiro atoms.